The molecule has 0 saturated carbocycles. The zero-order valence-electron chi connectivity index (χ0n) is 8.45. The Balaban J connectivity index is 2.63. The maximum Gasteiger partial charge on any atom is 0.0817 e. The van der Waals surface area contributed by atoms with Crippen LogP contribution in [0.2, 0.25) is 0 Å². The van der Waals surface area contributed by atoms with Crippen molar-refractivity contribution in [3.05, 3.63) is 18.0 Å². The van der Waals surface area contributed by atoms with Crippen molar-refractivity contribution in [3.8, 4) is 0 Å². The summed E-state index contributed by atoms with van der Waals surface area (Å²) in [6.45, 7) is 5.32. The second-order valence-corrected chi connectivity index (χ2v) is 3.71. The Hall–Kier alpha value is -0.870. The highest BCUT2D eigenvalue weighted by Gasteiger charge is 2.17. The highest BCUT2D eigenvalue weighted by Crippen LogP contribution is 2.10. The van der Waals surface area contributed by atoms with E-state index in [4.69, 9.17) is 10.5 Å². The first-order valence-corrected chi connectivity index (χ1v) is 4.34. The predicted octanol–water partition coefficient (Wildman–Crippen LogP) is 0.767. The molecule has 0 spiro atoms. The third-order valence-corrected chi connectivity index (χ3v) is 2.02. The third kappa shape index (κ3) is 2.82. The molecular formula is C9H17N3O. The van der Waals surface area contributed by atoms with Crippen molar-refractivity contribution >= 4 is 0 Å². The number of ether oxygens (including phenoxy) is 1. The SMILES string of the molecule is COC(C)(C)Cn1cc(CN)cn1. The number of nitrogens with zero attached hydrogens (tertiary/aromatic N) is 2. The molecule has 0 atom stereocenters. The molecule has 0 aliphatic rings. The number of hydrogen-bond donors (Lipinski definition) is 1. The third-order valence-electron chi connectivity index (χ3n) is 2.02. The molecule has 0 aromatic carbocycles. The molecule has 1 aromatic rings. The number of rotatable bonds is 4. The van der Waals surface area contributed by atoms with Crippen LogP contribution in [0.3, 0.4) is 0 Å². The first-order chi connectivity index (χ1) is 6.07. The highest BCUT2D eigenvalue weighted by molar-refractivity contribution is 5.02. The lowest BCUT2D eigenvalue weighted by Gasteiger charge is -2.22. The molecule has 0 amide bonds. The Morgan fingerprint density at radius 2 is 2.31 bits per heavy atom. The molecule has 4 heteroatoms. The highest BCUT2D eigenvalue weighted by atomic mass is 16.5. The molecular weight excluding hydrogens is 166 g/mol. The second kappa shape index (κ2) is 3.89. The lowest BCUT2D eigenvalue weighted by Crippen LogP contribution is -2.29. The van der Waals surface area contributed by atoms with Gasteiger partial charge < -0.3 is 10.5 Å². The van der Waals surface area contributed by atoms with Crippen LogP contribution in [0.4, 0.5) is 0 Å². The second-order valence-electron chi connectivity index (χ2n) is 3.71. The normalized spacial score (nSPS) is 12.0. The van der Waals surface area contributed by atoms with Crippen molar-refractivity contribution < 1.29 is 4.74 Å². The van der Waals surface area contributed by atoms with Crippen molar-refractivity contribution in [1.29, 1.82) is 0 Å². The molecule has 0 aliphatic heterocycles. The van der Waals surface area contributed by atoms with E-state index in [0.717, 1.165) is 12.1 Å². The Morgan fingerprint density at radius 3 is 2.77 bits per heavy atom. The number of nitrogens with two attached hydrogens (primary N) is 1. The molecule has 74 valence electrons. The van der Waals surface area contributed by atoms with Crippen LogP contribution in [0.5, 0.6) is 0 Å². The van der Waals surface area contributed by atoms with E-state index in [9.17, 15) is 0 Å². The van der Waals surface area contributed by atoms with E-state index in [1.165, 1.54) is 0 Å². The van der Waals surface area contributed by atoms with Gasteiger partial charge in [-0.05, 0) is 13.8 Å². The monoisotopic (exact) mass is 183 g/mol. The molecule has 1 aromatic heterocycles. The summed E-state index contributed by atoms with van der Waals surface area (Å²) in [4.78, 5) is 0. The zero-order valence-corrected chi connectivity index (χ0v) is 8.45. The molecule has 0 bridgehead atoms. The molecule has 0 fully saturated rings. The van der Waals surface area contributed by atoms with E-state index in [0.29, 0.717) is 6.54 Å². The molecule has 2 N–H and O–H groups in total. The molecule has 13 heavy (non-hydrogen) atoms. The molecule has 1 heterocycles. The predicted molar refractivity (Wildman–Crippen MR) is 51.2 cm³/mol. The minimum Gasteiger partial charge on any atom is -0.377 e. The fourth-order valence-electron chi connectivity index (χ4n) is 1.05. The van der Waals surface area contributed by atoms with Gasteiger partial charge in [-0.15, -0.1) is 0 Å². The number of methoxy groups -OCH3 is 1. The summed E-state index contributed by atoms with van der Waals surface area (Å²) in [6, 6.07) is 0. The van der Waals surface area contributed by atoms with Crippen LogP contribution in [-0.4, -0.2) is 22.5 Å². The van der Waals surface area contributed by atoms with Crippen molar-refractivity contribution in [2.45, 2.75) is 32.5 Å². The molecule has 4 nitrogen and oxygen atoms in total. The van der Waals surface area contributed by atoms with Crippen molar-refractivity contribution in [2.24, 2.45) is 5.73 Å². The minimum atomic E-state index is -0.183. The summed E-state index contributed by atoms with van der Waals surface area (Å²) in [7, 11) is 1.70. The largest absolute Gasteiger partial charge is 0.377 e. The van der Waals surface area contributed by atoms with Gasteiger partial charge in [0.25, 0.3) is 0 Å². The lowest BCUT2D eigenvalue weighted by molar-refractivity contribution is 0.00540. The van der Waals surface area contributed by atoms with Gasteiger partial charge in [-0.1, -0.05) is 0 Å². The van der Waals surface area contributed by atoms with E-state index >= 15 is 0 Å². The van der Waals surface area contributed by atoms with E-state index in [1.807, 2.05) is 24.7 Å². The number of aromatic nitrogens is 2. The Labute approximate surface area is 78.7 Å². The summed E-state index contributed by atoms with van der Waals surface area (Å²) >= 11 is 0. The fourth-order valence-corrected chi connectivity index (χ4v) is 1.05. The Bertz CT molecular complexity index is 268. The van der Waals surface area contributed by atoms with Gasteiger partial charge in [-0.3, -0.25) is 4.68 Å². The van der Waals surface area contributed by atoms with Crippen LogP contribution in [0, 0.1) is 0 Å². The van der Waals surface area contributed by atoms with Crippen LogP contribution in [0.1, 0.15) is 19.4 Å². The molecule has 0 aliphatic carbocycles. The van der Waals surface area contributed by atoms with Gasteiger partial charge in [0.1, 0.15) is 0 Å². The van der Waals surface area contributed by atoms with Crippen molar-refractivity contribution in [1.82, 2.24) is 9.78 Å². The average Bonchev–Trinajstić information content (AvgIpc) is 2.52. The van der Waals surface area contributed by atoms with Crippen LogP contribution in [0.15, 0.2) is 12.4 Å². The summed E-state index contributed by atoms with van der Waals surface area (Å²) < 4.78 is 7.15. The van der Waals surface area contributed by atoms with Gasteiger partial charge in [0, 0.05) is 25.4 Å². The Morgan fingerprint density at radius 1 is 1.62 bits per heavy atom. The summed E-state index contributed by atoms with van der Waals surface area (Å²) in [5, 5.41) is 4.18. The van der Waals surface area contributed by atoms with E-state index in [1.54, 1.807) is 13.3 Å². The summed E-state index contributed by atoms with van der Waals surface area (Å²) in [5.41, 5.74) is 6.34. The van der Waals surface area contributed by atoms with Crippen LogP contribution >= 0.6 is 0 Å². The quantitative estimate of drug-likeness (QED) is 0.750. The Kier molecular flexibility index (Phi) is 3.06. The maximum absolute atomic E-state index is 5.47. The smallest absolute Gasteiger partial charge is 0.0817 e. The molecule has 1 rings (SSSR count). The zero-order chi connectivity index (χ0) is 9.90. The van der Waals surface area contributed by atoms with Gasteiger partial charge in [0.2, 0.25) is 0 Å². The minimum absolute atomic E-state index is 0.183. The molecule has 0 saturated heterocycles. The van der Waals surface area contributed by atoms with Gasteiger partial charge in [0.15, 0.2) is 0 Å². The fraction of sp³-hybridized carbons (Fsp3) is 0.667. The van der Waals surface area contributed by atoms with Crippen molar-refractivity contribution in [3.63, 3.8) is 0 Å². The summed E-state index contributed by atoms with van der Waals surface area (Å²) in [6.07, 6.45) is 3.73. The van der Waals surface area contributed by atoms with Gasteiger partial charge in [-0.2, -0.15) is 5.10 Å². The molecule has 0 radical (unpaired) electrons. The lowest BCUT2D eigenvalue weighted by atomic mass is 10.1. The van der Waals surface area contributed by atoms with Crippen molar-refractivity contribution in [2.75, 3.05) is 7.11 Å². The molecule has 0 unspecified atom stereocenters. The van der Waals surface area contributed by atoms with Gasteiger partial charge in [0.05, 0.1) is 18.3 Å². The first-order valence-electron chi connectivity index (χ1n) is 4.34. The van der Waals surface area contributed by atoms with E-state index in [-0.39, 0.29) is 5.60 Å². The van der Waals surface area contributed by atoms with Gasteiger partial charge >= 0.3 is 0 Å². The topological polar surface area (TPSA) is 53.1 Å². The van der Waals surface area contributed by atoms with Crippen LogP contribution in [-0.2, 0) is 17.8 Å². The first kappa shape index (κ1) is 10.2. The van der Waals surface area contributed by atoms with E-state index in [2.05, 4.69) is 5.10 Å². The van der Waals surface area contributed by atoms with Gasteiger partial charge in [-0.25, -0.2) is 0 Å². The van der Waals surface area contributed by atoms with E-state index < -0.39 is 0 Å². The summed E-state index contributed by atoms with van der Waals surface area (Å²) in [5.74, 6) is 0. The average molecular weight is 183 g/mol. The standard InChI is InChI=1S/C9H17N3O/c1-9(2,13-3)7-12-6-8(4-10)5-11-12/h5-6H,4,7,10H2,1-3H3. The maximum atomic E-state index is 5.47. The van der Waals surface area contributed by atoms with Crippen LogP contribution < -0.4 is 5.73 Å². The van der Waals surface area contributed by atoms with Crippen LogP contribution in [0.25, 0.3) is 0 Å². The number of hydrogen-bond acceptors (Lipinski definition) is 3.